The molecule has 1 aliphatic heterocycles. The zero-order valence-electron chi connectivity index (χ0n) is 20.0. The van der Waals surface area contributed by atoms with E-state index in [0.717, 1.165) is 5.56 Å². The lowest BCUT2D eigenvalue weighted by Crippen LogP contribution is -2.45. The summed E-state index contributed by atoms with van der Waals surface area (Å²) in [5, 5.41) is 14.3. The van der Waals surface area contributed by atoms with Crippen LogP contribution in [0.4, 0.5) is 20.7 Å². The molecular weight excluding hydrogens is 463 g/mol. The van der Waals surface area contributed by atoms with Crippen molar-refractivity contribution in [3.63, 3.8) is 0 Å². The summed E-state index contributed by atoms with van der Waals surface area (Å²) in [5.41, 5.74) is 2.94. The fourth-order valence-corrected chi connectivity index (χ4v) is 4.12. The molecule has 4 rings (SSSR count). The van der Waals surface area contributed by atoms with Crippen molar-refractivity contribution < 1.29 is 23.9 Å². The Balaban J connectivity index is 1.41. The van der Waals surface area contributed by atoms with E-state index in [9.17, 15) is 18.8 Å². The van der Waals surface area contributed by atoms with Gasteiger partial charge >= 0.3 is 12.0 Å². The predicted octanol–water partition coefficient (Wildman–Crippen LogP) is 5.34. The summed E-state index contributed by atoms with van der Waals surface area (Å²) in [6.07, 6.45) is 2.51. The Labute approximate surface area is 208 Å². The van der Waals surface area contributed by atoms with E-state index in [2.05, 4.69) is 29.5 Å². The van der Waals surface area contributed by atoms with Crippen LogP contribution in [0.1, 0.15) is 48.5 Å². The Morgan fingerprint density at radius 2 is 1.72 bits per heavy atom. The number of nitrogens with one attached hydrogen (secondary N) is 2. The highest BCUT2D eigenvalue weighted by Crippen LogP contribution is 2.25. The van der Waals surface area contributed by atoms with Crippen molar-refractivity contribution >= 4 is 29.4 Å². The normalized spacial score (nSPS) is 15.1. The van der Waals surface area contributed by atoms with Crippen LogP contribution in [0, 0.1) is 5.82 Å². The van der Waals surface area contributed by atoms with E-state index in [1.807, 2.05) is 24.3 Å². The molecule has 1 atom stereocenters. The van der Waals surface area contributed by atoms with Gasteiger partial charge in [-0.25, -0.2) is 19.0 Å². The maximum absolute atomic E-state index is 14.8. The van der Waals surface area contributed by atoms with Crippen LogP contribution in [0.5, 0.6) is 0 Å². The minimum atomic E-state index is -1.05. The molecule has 0 bridgehead atoms. The van der Waals surface area contributed by atoms with Gasteiger partial charge < -0.3 is 20.6 Å². The first-order valence-electron chi connectivity index (χ1n) is 11.7. The molecule has 1 aromatic heterocycles. The maximum atomic E-state index is 14.8. The fourth-order valence-electron chi connectivity index (χ4n) is 4.12. The third-order valence-corrected chi connectivity index (χ3v) is 6.19. The highest BCUT2D eigenvalue weighted by atomic mass is 19.1. The molecule has 3 N–H and O–H groups in total. The van der Waals surface area contributed by atoms with E-state index in [1.165, 1.54) is 29.3 Å². The van der Waals surface area contributed by atoms with Gasteiger partial charge in [0.1, 0.15) is 6.04 Å². The van der Waals surface area contributed by atoms with Crippen LogP contribution in [0.15, 0.2) is 60.8 Å². The van der Waals surface area contributed by atoms with E-state index < -0.39 is 29.8 Å². The second-order valence-corrected chi connectivity index (χ2v) is 8.98. The van der Waals surface area contributed by atoms with Crippen molar-refractivity contribution in [2.45, 2.75) is 38.6 Å². The molecule has 0 aliphatic carbocycles. The summed E-state index contributed by atoms with van der Waals surface area (Å²) in [6, 6.07) is 13.6. The number of amides is 3. The number of carbonyl (C=O) groups is 3. The summed E-state index contributed by atoms with van der Waals surface area (Å²) < 4.78 is 14.8. The molecular formula is C27H27FN4O4. The number of pyridine rings is 1. The molecule has 9 heteroatoms. The number of urea groups is 1. The molecule has 2 aromatic carbocycles. The highest BCUT2D eigenvalue weighted by Gasteiger charge is 2.34. The minimum Gasteiger partial charge on any atom is -0.478 e. The van der Waals surface area contributed by atoms with Crippen LogP contribution in [-0.2, 0) is 4.79 Å². The molecule has 0 unspecified atom stereocenters. The molecule has 1 saturated heterocycles. The maximum Gasteiger partial charge on any atom is 0.335 e. The molecule has 1 fully saturated rings. The van der Waals surface area contributed by atoms with Gasteiger partial charge in [0.05, 0.1) is 5.56 Å². The van der Waals surface area contributed by atoms with E-state index in [0.29, 0.717) is 42.1 Å². The van der Waals surface area contributed by atoms with Crippen molar-refractivity contribution in [2.24, 2.45) is 0 Å². The van der Waals surface area contributed by atoms with Crippen LogP contribution < -0.4 is 10.6 Å². The number of rotatable bonds is 6. The van der Waals surface area contributed by atoms with E-state index in [1.54, 1.807) is 12.1 Å². The summed E-state index contributed by atoms with van der Waals surface area (Å²) in [7, 11) is 0. The van der Waals surface area contributed by atoms with Gasteiger partial charge in [0.25, 0.3) is 0 Å². The Morgan fingerprint density at radius 1 is 1.03 bits per heavy atom. The summed E-state index contributed by atoms with van der Waals surface area (Å²) >= 11 is 0. The zero-order chi connectivity index (χ0) is 25.8. The highest BCUT2D eigenvalue weighted by molar-refractivity contribution is 5.99. The average molecular weight is 491 g/mol. The standard InChI is InChI=1S/C27H27FN4O4/c1-16(2)17-9-11-21(12-10-17)30-27(36)32-13-3-4-23(32)25(33)31-24-22(28)14-20(15-29-24)18-5-7-19(8-6-18)26(34)35/h5-12,14-16,23H,3-4,13H2,1-2H3,(H,30,36)(H,34,35)(H,29,31,33)/t23-/m1/s1. The van der Waals surface area contributed by atoms with Gasteiger partial charge in [-0.3, -0.25) is 4.79 Å². The summed E-state index contributed by atoms with van der Waals surface area (Å²) in [6.45, 7) is 4.59. The Morgan fingerprint density at radius 3 is 2.33 bits per heavy atom. The second kappa shape index (κ2) is 10.6. The van der Waals surface area contributed by atoms with Gasteiger partial charge in [0, 0.05) is 24.0 Å². The van der Waals surface area contributed by atoms with Crippen LogP contribution in [0.2, 0.25) is 0 Å². The fraction of sp³-hybridized carbons (Fsp3) is 0.259. The van der Waals surface area contributed by atoms with Crippen LogP contribution >= 0.6 is 0 Å². The second-order valence-electron chi connectivity index (χ2n) is 8.98. The summed E-state index contributed by atoms with van der Waals surface area (Å²) in [5.74, 6) is -2.16. The van der Waals surface area contributed by atoms with Crippen LogP contribution in [-0.4, -0.2) is 45.5 Å². The largest absolute Gasteiger partial charge is 0.478 e. The van der Waals surface area contributed by atoms with E-state index in [-0.39, 0.29) is 11.4 Å². The van der Waals surface area contributed by atoms with Gasteiger partial charge in [-0.15, -0.1) is 0 Å². The molecule has 2 heterocycles. The van der Waals surface area contributed by atoms with Crippen LogP contribution in [0.25, 0.3) is 11.1 Å². The number of likely N-dealkylation sites (tertiary alicyclic amines) is 1. The zero-order valence-corrected chi connectivity index (χ0v) is 20.0. The average Bonchev–Trinajstić information content (AvgIpc) is 3.36. The predicted molar refractivity (Wildman–Crippen MR) is 134 cm³/mol. The van der Waals surface area contributed by atoms with Gasteiger partial charge in [-0.1, -0.05) is 38.1 Å². The van der Waals surface area contributed by atoms with Crippen molar-refractivity contribution in [3.05, 3.63) is 77.7 Å². The molecule has 186 valence electrons. The molecule has 3 amide bonds. The number of anilines is 2. The quantitative estimate of drug-likeness (QED) is 0.432. The van der Waals surface area contributed by atoms with Crippen molar-refractivity contribution in [1.29, 1.82) is 0 Å². The minimum absolute atomic E-state index is 0.119. The number of benzene rings is 2. The van der Waals surface area contributed by atoms with Crippen LogP contribution in [0.3, 0.4) is 0 Å². The van der Waals surface area contributed by atoms with Gasteiger partial charge in [0.15, 0.2) is 11.6 Å². The Hall–Kier alpha value is -4.27. The Bertz CT molecular complexity index is 1280. The van der Waals surface area contributed by atoms with Gasteiger partial charge in [-0.05, 0) is 60.2 Å². The van der Waals surface area contributed by atoms with Crippen molar-refractivity contribution in [1.82, 2.24) is 9.88 Å². The number of hydrogen-bond donors (Lipinski definition) is 3. The molecule has 1 aliphatic rings. The first-order chi connectivity index (χ1) is 17.2. The van der Waals surface area contributed by atoms with Crippen molar-refractivity contribution in [3.8, 4) is 11.1 Å². The number of halogens is 1. The lowest BCUT2D eigenvalue weighted by atomic mass is 10.0. The lowest BCUT2D eigenvalue weighted by Gasteiger charge is -2.24. The number of carboxylic acid groups (broad SMARTS) is 1. The monoisotopic (exact) mass is 490 g/mol. The smallest absolute Gasteiger partial charge is 0.335 e. The number of carbonyl (C=O) groups excluding carboxylic acids is 2. The van der Waals surface area contributed by atoms with Gasteiger partial charge in [-0.2, -0.15) is 0 Å². The topological polar surface area (TPSA) is 112 Å². The van der Waals surface area contributed by atoms with Crippen molar-refractivity contribution in [2.75, 3.05) is 17.2 Å². The molecule has 0 radical (unpaired) electrons. The number of aromatic carboxylic acids is 1. The van der Waals surface area contributed by atoms with E-state index in [4.69, 9.17) is 5.11 Å². The number of aromatic nitrogens is 1. The number of nitrogens with zero attached hydrogens (tertiary/aromatic N) is 2. The summed E-state index contributed by atoms with van der Waals surface area (Å²) in [4.78, 5) is 42.3. The molecule has 0 spiro atoms. The Kier molecular flexibility index (Phi) is 7.28. The number of hydrogen-bond acceptors (Lipinski definition) is 4. The third kappa shape index (κ3) is 5.51. The third-order valence-electron chi connectivity index (χ3n) is 6.19. The first kappa shape index (κ1) is 24.8. The molecule has 0 saturated carbocycles. The SMILES string of the molecule is CC(C)c1ccc(NC(=O)N2CCC[C@@H]2C(=O)Nc2ncc(-c3ccc(C(=O)O)cc3)cc2F)cc1. The molecule has 8 nitrogen and oxygen atoms in total. The van der Waals surface area contributed by atoms with Gasteiger partial charge in [0.2, 0.25) is 5.91 Å². The lowest BCUT2D eigenvalue weighted by molar-refractivity contribution is -0.119. The number of carboxylic acids is 1. The molecule has 36 heavy (non-hydrogen) atoms. The first-order valence-corrected chi connectivity index (χ1v) is 11.7. The van der Waals surface area contributed by atoms with E-state index >= 15 is 0 Å². The molecule has 3 aromatic rings.